The van der Waals surface area contributed by atoms with Gasteiger partial charge in [0.1, 0.15) is 0 Å². The van der Waals surface area contributed by atoms with Crippen LogP contribution in [-0.2, 0) is 0 Å². The van der Waals surface area contributed by atoms with Crippen molar-refractivity contribution in [3.8, 4) is 0 Å². The summed E-state index contributed by atoms with van der Waals surface area (Å²) in [4.78, 5) is 9.28. The van der Waals surface area contributed by atoms with Crippen LogP contribution < -0.4 is 15.5 Å². The maximum Gasteiger partial charge on any atom is 0.191 e. The Bertz CT molecular complexity index is 521. The molecule has 1 heterocycles. The average Bonchev–Trinajstić information content (AvgIpc) is 3.10. The SMILES string of the molecule is CCN(CC)CCCNC(=NC)NC1CCN(c2ccc(C)cc2)C1. The standard InChI is InChI=1S/C20H35N5/c1-5-24(6-2)14-7-13-22-20(21-4)23-18-12-15-25(16-18)19-10-8-17(3)9-11-19/h8-11,18H,5-7,12-16H2,1-4H3,(H2,21,22,23). The predicted molar refractivity (Wildman–Crippen MR) is 109 cm³/mol. The van der Waals surface area contributed by atoms with E-state index in [9.17, 15) is 0 Å². The summed E-state index contributed by atoms with van der Waals surface area (Å²) < 4.78 is 0. The fourth-order valence-corrected chi connectivity index (χ4v) is 3.31. The first-order valence-corrected chi connectivity index (χ1v) is 9.67. The number of nitrogens with one attached hydrogen (secondary N) is 2. The molecule has 0 aliphatic carbocycles. The third kappa shape index (κ3) is 6.24. The average molecular weight is 346 g/mol. The number of guanidine groups is 1. The molecule has 0 aromatic heterocycles. The van der Waals surface area contributed by atoms with E-state index in [-0.39, 0.29) is 0 Å². The minimum absolute atomic E-state index is 0.454. The van der Waals surface area contributed by atoms with Gasteiger partial charge in [-0.25, -0.2) is 0 Å². The zero-order valence-corrected chi connectivity index (χ0v) is 16.4. The summed E-state index contributed by atoms with van der Waals surface area (Å²) in [5.74, 6) is 0.926. The van der Waals surface area contributed by atoms with E-state index in [0.29, 0.717) is 6.04 Å². The first-order chi connectivity index (χ1) is 12.2. The summed E-state index contributed by atoms with van der Waals surface area (Å²) in [6.07, 6.45) is 2.29. The van der Waals surface area contributed by atoms with Crippen molar-refractivity contribution in [3.05, 3.63) is 29.8 Å². The predicted octanol–water partition coefficient (Wildman–Crippen LogP) is 2.47. The van der Waals surface area contributed by atoms with Crippen LogP contribution in [0.25, 0.3) is 0 Å². The Hall–Kier alpha value is -1.75. The highest BCUT2D eigenvalue weighted by Crippen LogP contribution is 2.20. The third-order valence-electron chi connectivity index (χ3n) is 4.99. The van der Waals surface area contributed by atoms with Gasteiger partial charge in [-0.3, -0.25) is 4.99 Å². The Kier molecular flexibility index (Phi) is 8.06. The van der Waals surface area contributed by atoms with Crippen molar-refractivity contribution in [1.82, 2.24) is 15.5 Å². The quantitative estimate of drug-likeness (QED) is 0.431. The highest BCUT2D eigenvalue weighted by Gasteiger charge is 2.23. The monoisotopic (exact) mass is 345 g/mol. The van der Waals surface area contributed by atoms with Crippen molar-refractivity contribution < 1.29 is 0 Å². The van der Waals surface area contributed by atoms with Crippen LogP contribution in [0.15, 0.2) is 29.3 Å². The van der Waals surface area contributed by atoms with E-state index in [2.05, 4.69) is 70.5 Å². The maximum absolute atomic E-state index is 4.38. The molecular weight excluding hydrogens is 310 g/mol. The number of hydrogen-bond donors (Lipinski definition) is 2. The molecule has 25 heavy (non-hydrogen) atoms. The molecule has 5 nitrogen and oxygen atoms in total. The van der Waals surface area contributed by atoms with Crippen molar-refractivity contribution >= 4 is 11.6 Å². The summed E-state index contributed by atoms with van der Waals surface area (Å²) in [7, 11) is 1.85. The van der Waals surface area contributed by atoms with E-state index in [4.69, 9.17) is 0 Å². The number of benzene rings is 1. The minimum atomic E-state index is 0.454. The molecule has 0 amide bonds. The summed E-state index contributed by atoms with van der Waals surface area (Å²) in [5, 5.41) is 7.03. The Morgan fingerprint density at radius 2 is 1.96 bits per heavy atom. The Labute approximate surface area is 153 Å². The van der Waals surface area contributed by atoms with Crippen LogP contribution >= 0.6 is 0 Å². The van der Waals surface area contributed by atoms with Crippen molar-refractivity contribution in [2.75, 3.05) is 51.2 Å². The fraction of sp³-hybridized carbons (Fsp3) is 0.650. The van der Waals surface area contributed by atoms with Crippen LogP contribution in [0.2, 0.25) is 0 Å². The molecule has 1 unspecified atom stereocenters. The van der Waals surface area contributed by atoms with E-state index in [1.165, 1.54) is 11.3 Å². The van der Waals surface area contributed by atoms with Gasteiger partial charge in [-0.1, -0.05) is 31.5 Å². The van der Waals surface area contributed by atoms with Crippen LogP contribution in [0.4, 0.5) is 5.69 Å². The first-order valence-electron chi connectivity index (χ1n) is 9.67. The van der Waals surface area contributed by atoms with Crippen molar-refractivity contribution in [3.63, 3.8) is 0 Å². The van der Waals surface area contributed by atoms with Gasteiger partial charge in [-0.15, -0.1) is 0 Å². The van der Waals surface area contributed by atoms with Crippen molar-refractivity contribution in [2.45, 2.75) is 39.7 Å². The summed E-state index contributed by atoms with van der Waals surface area (Å²) in [6, 6.07) is 9.27. The summed E-state index contributed by atoms with van der Waals surface area (Å²) in [6.45, 7) is 13.1. The first kappa shape index (κ1) is 19.6. The topological polar surface area (TPSA) is 42.9 Å². The zero-order chi connectivity index (χ0) is 18.1. The molecule has 1 atom stereocenters. The van der Waals surface area contributed by atoms with Gasteiger partial charge >= 0.3 is 0 Å². The lowest BCUT2D eigenvalue weighted by molar-refractivity contribution is 0.300. The molecule has 1 aliphatic rings. The fourth-order valence-electron chi connectivity index (χ4n) is 3.31. The van der Waals surface area contributed by atoms with E-state index in [1.807, 2.05) is 7.05 Å². The van der Waals surface area contributed by atoms with Gasteiger partial charge in [0.15, 0.2) is 5.96 Å². The molecule has 0 saturated carbocycles. The lowest BCUT2D eigenvalue weighted by atomic mass is 10.2. The van der Waals surface area contributed by atoms with Crippen LogP contribution in [0.5, 0.6) is 0 Å². The zero-order valence-electron chi connectivity index (χ0n) is 16.4. The molecule has 0 spiro atoms. The normalized spacial score (nSPS) is 18.0. The second-order valence-corrected chi connectivity index (χ2v) is 6.79. The summed E-state index contributed by atoms with van der Waals surface area (Å²) in [5.41, 5.74) is 2.63. The molecule has 1 aliphatic heterocycles. The molecule has 2 rings (SSSR count). The lowest BCUT2D eigenvalue weighted by Crippen LogP contribution is -2.45. The van der Waals surface area contributed by atoms with Crippen LogP contribution in [-0.4, -0.2) is 63.2 Å². The molecule has 0 bridgehead atoms. The Morgan fingerprint density at radius 1 is 1.24 bits per heavy atom. The van der Waals surface area contributed by atoms with Crippen LogP contribution in [0.3, 0.4) is 0 Å². The van der Waals surface area contributed by atoms with Gasteiger partial charge in [0.05, 0.1) is 0 Å². The molecule has 1 saturated heterocycles. The van der Waals surface area contributed by atoms with Gasteiger partial charge in [-0.2, -0.15) is 0 Å². The Morgan fingerprint density at radius 3 is 2.60 bits per heavy atom. The van der Waals surface area contributed by atoms with Gasteiger partial charge < -0.3 is 20.4 Å². The third-order valence-corrected chi connectivity index (χ3v) is 4.99. The summed E-state index contributed by atoms with van der Waals surface area (Å²) >= 11 is 0. The highest BCUT2D eigenvalue weighted by molar-refractivity contribution is 5.80. The van der Waals surface area contributed by atoms with E-state index >= 15 is 0 Å². The molecule has 140 valence electrons. The van der Waals surface area contributed by atoms with E-state index in [0.717, 1.165) is 58.1 Å². The molecule has 2 N–H and O–H groups in total. The van der Waals surface area contributed by atoms with Crippen LogP contribution in [0.1, 0.15) is 32.3 Å². The number of aryl methyl sites for hydroxylation is 1. The van der Waals surface area contributed by atoms with E-state index < -0.39 is 0 Å². The minimum Gasteiger partial charge on any atom is -0.369 e. The second kappa shape index (κ2) is 10.3. The highest BCUT2D eigenvalue weighted by atomic mass is 15.2. The number of hydrogen-bond acceptors (Lipinski definition) is 3. The molecule has 5 heteroatoms. The molecular formula is C20H35N5. The van der Waals surface area contributed by atoms with Gasteiger partial charge in [-0.05, 0) is 51.5 Å². The molecule has 1 aromatic carbocycles. The number of anilines is 1. The van der Waals surface area contributed by atoms with Crippen molar-refractivity contribution in [1.29, 1.82) is 0 Å². The van der Waals surface area contributed by atoms with E-state index in [1.54, 1.807) is 0 Å². The van der Waals surface area contributed by atoms with Crippen molar-refractivity contribution in [2.24, 2.45) is 4.99 Å². The lowest BCUT2D eigenvalue weighted by Gasteiger charge is -2.21. The van der Waals surface area contributed by atoms with Crippen LogP contribution in [0, 0.1) is 6.92 Å². The number of rotatable bonds is 8. The number of nitrogens with zero attached hydrogens (tertiary/aromatic N) is 3. The number of aliphatic imine (C=N–C) groups is 1. The smallest absolute Gasteiger partial charge is 0.191 e. The largest absolute Gasteiger partial charge is 0.369 e. The van der Waals surface area contributed by atoms with Gasteiger partial charge in [0.2, 0.25) is 0 Å². The van der Waals surface area contributed by atoms with Gasteiger partial charge in [0.25, 0.3) is 0 Å². The molecule has 1 aromatic rings. The molecule has 0 radical (unpaired) electrons. The van der Waals surface area contributed by atoms with Gasteiger partial charge in [0, 0.05) is 38.4 Å². The second-order valence-electron chi connectivity index (χ2n) is 6.79. The Balaban J connectivity index is 1.72. The molecule has 1 fully saturated rings. The maximum atomic E-state index is 4.38.